The zero-order valence-corrected chi connectivity index (χ0v) is 12.0. The van der Waals surface area contributed by atoms with E-state index in [1.807, 2.05) is 36.4 Å². The molecule has 94 valence electrons. The summed E-state index contributed by atoms with van der Waals surface area (Å²) in [6.07, 6.45) is 1.79. The smallest absolute Gasteiger partial charge is 0.200 e. The number of thioether (sulfide) groups is 1. The average Bonchev–Trinajstić information content (AvgIpc) is 2.73. The van der Waals surface area contributed by atoms with E-state index in [2.05, 4.69) is 0 Å². The van der Waals surface area contributed by atoms with Crippen LogP contribution in [0.4, 0.5) is 0 Å². The van der Waals surface area contributed by atoms with Crippen molar-refractivity contribution in [3.63, 3.8) is 0 Å². The molecular weight excluding hydrogens is 299 g/mol. The van der Waals surface area contributed by atoms with Crippen LogP contribution in [-0.2, 0) is 0 Å². The van der Waals surface area contributed by atoms with E-state index in [1.54, 1.807) is 12.1 Å². The van der Waals surface area contributed by atoms with Crippen molar-refractivity contribution in [3.05, 3.63) is 68.5 Å². The molecule has 0 aromatic heterocycles. The van der Waals surface area contributed by atoms with Gasteiger partial charge in [0.2, 0.25) is 5.78 Å². The number of ketones is 1. The van der Waals surface area contributed by atoms with E-state index in [0.717, 1.165) is 16.0 Å². The Balaban J connectivity index is 2.04. The molecule has 0 unspecified atom stereocenters. The SMILES string of the molecule is O=C1C(=Cc2cccc(Cl)c2Cl)Sc2ccccc21. The van der Waals surface area contributed by atoms with Crippen LogP contribution in [0.15, 0.2) is 52.3 Å². The van der Waals surface area contributed by atoms with Gasteiger partial charge in [0.1, 0.15) is 0 Å². The molecule has 0 saturated carbocycles. The Kier molecular flexibility index (Phi) is 3.40. The van der Waals surface area contributed by atoms with Gasteiger partial charge >= 0.3 is 0 Å². The zero-order valence-electron chi connectivity index (χ0n) is 9.69. The van der Waals surface area contributed by atoms with Gasteiger partial charge in [-0.2, -0.15) is 0 Å². The molecule has 0 radical (unpaired) electrons. The minimum absolute atomic E-state index is 0.0386. The maximum Gasteiger partial charge on any atom is 0.200 e. The predicted octanol–water partition coefficient (Wildman–Crippen LogP) is 5.32. The van der Waals surface area contributed by atoms with Gasteiger partial charge in [0, 0.05) is 10.5 Å². The fourth-order valence-corrected chi connectivity index (χ4v) is 3.31. The monoisotopic (exact) mass is 306 g/mol. The first-order chi connectivity index (χ1) is 9.16. The van der Waals surface area contributed by atoms with Gasteiger partial charge in [0.05, 0.1) is 15.0 Å². The van der Waals surface area contributed by atoms with Gasteiger partial charge in [-0.1, -0.05) is 59.2 Å². The Hall–Kier alpha value is -1.22. The van der Waals surface area contributed by atoms with Gasteiger partial charge in [-0.25, -0.2) is 0 Å². The normalized spacial score (nSPS) is 15.9. The first-order valence-corrected chi connectivity index (χ1v) is 7.21. The van der Waals surface area contributed by atoms with Crippen LogP contribution in [0, 0.1) is 0 Å². The minimum Gasteiger partial charge on any atom is -0.288 e. The maximum atomic E-state index is 12.2. The molecule has 0 atom stereocenters. The van der Waals surface area contributed by atoms with Crippen LogP contribution in [0.2, 0.25) is 10.0 Å². The third kappa shape index (κ3) is 2.32. The first-order valence-electron chi connectivity index (χ1n) is 5.64. The second kappa shape index (κ2) is 5.04. The molecule has 1 aliphatic heterocycles. The quantitative estimate of drug-likeness (QED) is 0.663. The molecule has 0 amide bonds. The lowest BCUT2D eigenvalue weighted by molar-refractivity contribution is 0.104. The summed E-state index contributed by atoms with van der Waals surface area (Å²) in [7, 11) is 0. The largest absolute Gasteiger partial charge is 0.288 e. The highest BCUT2D eigenvalue weighted by Crippen LogP contribution is 2.41. The molecule has 1 aliphatic rings. The Morgan fingerprint density at radius 1 is 1.00 bits per heavy atom. The van der Waals surface area contributed by atoms with Crippen LogP contribution in [0.1, 0.15) is 15.9 Å². The lowest BCUT2D eigenvalue weighted by atomic mass is 10.1. The van der Waals surface area contributed by atoms with E-state index >= 15 is 0 Å². The van der Waals surface area contributed by atoms with Crippen molar-refractivity contribution in [1.82, 2.24) is 0 Å². The van der Waals surface area contributed by atoms with Gasteiger partial charge in [-0.3, -0.25) is 4.79 Å². The summed E-state index contributed by atoms with van der Waals surface area (Å²) in [5.41, 5.74) is 1.51. The topological polar surface area (TPSA) is 17.1 Å². The molecule has 4 heteroatoms. The highest BCUT2D eigenvalue weighted by Gasteiger charge is 2.25. The van der Waals surface area contributed by atoms with Crippen LogP contribution in [0.3, 0.4) is 0 Å². The lowest BCUT2D eigenvalue weighted by Gasteiger charge is -2.01. The second-order valence-electron chi connectivity index (χ2n) is 4.08. The summed E-state index contributed by atoms with van der Waals surface area (Å²) in [6, 6.07) is 13.0. The van der Waals surface area contributed by atoms with E-state index in [0.29, 0.717) is 15.0 Å². The molecule has 2 aromatic carbocycles. The summed E-state index contributed by atoms with van der Waals surface area (Å²) in [6.45, 7) is 0. The molecule has 0 fully saturated rings. The number of fused-ring (bicyclic) bond motifs is 1. The molecule has 3 rings (SSSR count). The summed E-state index contributed by atoms with van der Waals surface area (Å²) in [4.78, 5) is 13.9. The summed E-state index contributed by atoms with van der Waals surface area (Å²) in [5.74, 6) is 0.0386. The third-order valence-corrected chi connectivity index (χ3v) is 4.78. The van der Waals surface area contributed by atoms with E-state index < -0.39 is 0 Å². The van der Waals surface area contributed by atoms with E-state index in [1.165, 1.54) is 11.8 Å². The molecule has 0 N–H and O–H groups in total. The Morgan fingerprint density at radius 2 is 1.79 bits per heavy atom. The minimum atomic E-state index is 0.0386. The maximum absolute atomic E-state index is 12.2. The fraction of sp³-hybridized carbons (Fsp3) is 0. The summed E-state index contributed by atoms with van der Waals surface area (Å²) >= 11 is 13.6. The molecule has 19 heavy (non-hydrogen) atoms. The van der Waals surface area contributed by atoms with Crippen molar-refractivity contribution in [1.29, 1.82) is 0 Å². The second-order valence-corrected chi connectivity index (χ2v) is 5.95. The van der Waals surface area contributed by atoms with Crippen LogP contribution < -0.4 is 0 Å². The Labute approximate surface area is 125 Å². The molecule has 0 saturated heterocycles. The van der Waals surface area contributed by atoms with Crippen LogP contribution in [-0.4, -0.2) is 5.78 Å². The van der Waals surface area contributed by atoms with Crippen molar-refractivity contribution in [2.45, 2.75) is 4.90 Å². The molecular formula is C15H8Cl2OS. The molecule has 1 heterocycles. The number of rotatable bonds is 1. The number of Topliss-reactive ketones (excluding diaryl/α,β-unsaturated/α-hetero) is 1. The third-order valence-electron chi connectivity index (χ3n) is 2.84. The summed E-state index contributed by atoms with van der Waals surface area (Å²) in [5, 5.41) is 0.963. The van der Waals surface area contributed by atoms with Crippen molar-refractivity contribution in [3.8, 4) is 0 Å². The van der Waals surface area contributed by atoms with Crippen molar-refractivity contribution >= 4 is 46.8 Å². The van der Waals surface area contributed by atoms with Gasteiger partial charge in [0.25, 0.3) is 0 Å². The van der Waals surface area contributed by atoms with Gasteiger partial charge in [0.15, 0.2) is 0 Å². The first kappa shape index (κ1) is 12.8. The van der Waals surface area contributed by atoms with E-state index in [-0.39, 0.29) is 5.78 Å². The van der Waals surface area contributed by atoms with E-state index in [4.69, 9.17) is 23.2 Å². The van der Waals surface area contributed by atoms with Crippen molar-refractivity contribution in [2.24, 2.45) is 0 Å². The Bertz CT molecular complexity index is 707. The molecule has 0 aliphatic carbocycles. The van der Waals surface area contributed by atoms with Gasteiger partial charge in [-0.05, 0) is 29.8 Å². The van der Waals surface area contributed by atoms with Crippen molar-refractivity contribution < 1.29 is 4.79 Å². The molecule has 0 spiro atoms. The average molecular weight is 307 g/mol. The van der Waals surface area contributed by atoms with Crippen LogP contribution >= 0.6 is 35.0 Å². The van der Waals surface area contributed by atoms with Crippen LogP contribution in [0.25, 0.3) is 6.08 Å². The molecule has 0 bridgehead atoms. The van der Waals surface area contributed by atoms with Gasteiger partial charge < -0.3 is 0 Å². The number of benzene rings is 2. The number of carbonyl (C=O) groups excluding carboxylic acids is 1. The number of carbonyl (C=O) groups is 1. The van der Waals surface area contributed by atoms with E-state index in [9.17, 15) is 4.79 Å². The summed E-state index contributed by atoms with van der Waals surface area (Å²) < 4.78 is 0. The number of allylic oxidation sites excluding steroid dienone is 1. The predicted molar refractivity (Wildman–Crippen MR) is 81.1 cm³/mol. The van der Waals surface area contributed by atoms with Gasteiger partial charge in [-0.15, -0.1) is 0 Å². The molecule has 1 nitrogen and oxygen atoms in total. The van der Waals surface area contributed by atoms with Crippen LogP contribution in [0.5, 0.6) is 0 Å². The standard InChI is InChI=1S/C15H8Cl2OS/c16-11-6-3-4-9(14(11)17)8-13-15(18)10-5-1-2-7-12(10)19-13/h1-8H. The fourth-order valence-electron chi connectivity index (χ4n) is 1.91. The zero-order chi connectivity index (χ0) is 13.4. The number of hydrogen-bond donors (Lipinski definition) is 0. The number of halogens is 2. The molecule has 2 aromatic rings. The number of hydrogen-bond acceptors (Lipinski definition) is 2. The highest BCUT2D eigenvalue weighted by molar-refractivity contribution is 8.04. The van der Waals surface area contributed by atoms with Crippen molar-refractivity contribution in [2.75, 3.05) is 0 Å². The highest BCUT2D eigenvalue weighted by atomic mass is 35.5. The lowest BCUT2D eigenvalue weighted by Crippen LogP contribution is -1.93. The Morgan fingerprint density at radius 3 is 2.58 bits per heavy atom.